The van der Waals surface area contributed by atoms with Crippen molar-refractivity contribution in [2.75, 3.05) is 20.3 Å². The topological polar surface area (TPSA) is 150 Å². The van der Waals surface area contributed by atoms with Crippen LogP contribution in [-0.2, 0) is 35.6 Å². The number of H-pyrrole nitrogens is 1. The number of methoxy groups -OCH3 is 1. The van der Waals surface area contributed by atoms with E-state index in [2.05, 4.69) is 9.71 Å². The van der Waals surface area contributed by atoms with Gasteiger partial charge in [0.1, 0.15) is 24.1 Å². The van der Waals surface area contributed by atoms with Gasteiger partial charge in [-0.05, 0) is 57.5 Å². The first kappa shape index (κ1) is 26.9. The molecular formula is C22H28N2O9S. The summed E-state index contributed by atoms with van der Waals surface area (Å²) in [5.74, 6) is -1.79. The molecule has 11 nitrogen and oxygen atoms in total. The molecule has 1 atom stereocenters. The standard InChI is InChI=1S/C22H28N2O9S/c1-6-31-21(26)18-13(3)19(22(27)32-7-2)23-17(18)12-33-20(25)14(4)24-34(28,29)16-10-8-15(30-5)9-11-16/h8-11,14,23-24H,6-7,12H2,1-5H3/t14-/m0/s1. The van der Waals surface area contributed by atoms with Crippen molar-refractivity contribution in [3.05, 3.63) is 46.8 Å². The number of aromatic amines is 1. The molecule has 0 aliphatic rings. The maximum absolute atomic E-state index is 12.5. The molecule has 0 fully saturated rings. The Kier molecular flexibility index (Phi) is 9.21. The highest BCUT2D eigenvalue weighted by molar-refractivity contribution is 7.89. The van der Waals surface area contributed by atoms with Crippen LogP contribution in [0.3, 0.4) is 0 Å². The Morgan fingerprint density at radius 2 is 1.59 bits per heavy atom. The lowest BCUT2D eigenvalue weighted by Gasteiger charge is -2.14. The highest BCUT2D eigenvalue weighted by atomic mass is 32.2. The third-order valence-electron chi connectivity index (χ3n) is 4.70. The zero-order valence-electron chi connectivity index (χ0n) is 19.6. The second-order valence-corrected chi connectivity index (χ2v) is 8.76. The second kappa shape index (κ2) is 11.7. The van der Waals surface area contributed by atoms with Crippen LogP contribution in [0, 0.1) is 6.92 Å². The van der Waals surface area contributed by atoms with Crippen LogP contribution in [0.5, 0.6) is 5.75 Å². The van der Waals surface area contributed by atoms with E-state index in [1.54, 1.807) is 13.8 Å². The average Bonchev–Trinajstić information content (AvgIpc) is 3.13. The lowest BCUT2D eigenvalue weighted by atomic mass is 10.1. The first-order valence-electron chi connectivity index (χ1n) is 10.4. The number of nitrogens with one attached hydrogen (secondary N) is 2. The minimum absolute atomic E-state index is 0.0317. The quantitative estimate of drug-likeness (QED) is 0.352. The number of carbonyl (C=O) groups excluding carboxylic acids is 3. The van der Waals surface area contributed by atoms with Crippen molar-refractivity contribution in [2.24, 2.45) is 0 Å². The van der Waals surface area contributed by atoms with Gasteiger partial charge in [-0.2, -0.15) is 4.72 Å². The second-order valence-electron chi connectivity index (χ2n) is 7.05. The maximum atomic E-state index is 12.5. The van der Waals surface area contributed by atoms with Crippen molar-refractivity contribution in [1.82, 2.24) is 9.71 Å². The van der Waals surface area contributed by atoms with Crippen LogP contribution in [0.25, 0.3) is 0 Å². The predicted octanol–water partition coefficient (Wildman–Crippen LogP) is 2.10. The number of ether oxygens (including phenoxy) is 4. The van der Waals surface area contributed by atoms with Gasteiger partial charge in [-0.3, -0.25) is 4.79 Å². The third-order valence-corrected chi connectivity index (χ3v) is 6.26. The van der Waals surface area contributed by atoms with E-state index in [1.807, 2.05) is 0 Å². The van der Waals surface area contributed by atoms with Crippen LogP contribution in [0.15, 0.2) is 29.2 Å². The van der Waals surface area contributed by atoms with Gasteiger partial charge in [0.15, 0.2) is 0 Å². The molecule has 2 N–H and O–H groups in total. The third kappa shape index (κ3) is 6.35. The number of sulfonamides is 1. The zero-order valence-corrected chi connectivity index (χ0v) is 20.4. The molecule has 0 bridgehead atoms. The van der Waals surface area contributed by atoms with Gasteiger partial charge in [-0.1, -0.05) is 0 Å². The van der Waals surface area contributed by atoms with Gasteiger partial charge < -0.3 is 23.9 Å². The lowest BCUT2D eigenvalue weighted by Crippen LogP contribution is -2.39. The summed E-state index contributed by atoms with van der Waals surface area (Å²) in [5, 5.41) is 0. The Bertz CT molecular complexity index is 1140. The molecule has 0 unspecified atom stereocenters. The van der Waals surface area contributed by atoms with Gasteiger partial charge in [-0.25, -0.2) is 18.0 Å². The van der Waals surface area contributed by atoms with Crippen LogP contribution >= 0.6 is 0 Å². The monoisotopic (exact) mass is 496 g/mol. The van der Waals surface area contributed by atoms with E-state index in [9.17, 15) is 22.8 Å². The van der Waals surface area contributed by atoms with Crippen molar-refractivity contribution in [1.29, 1.82) is 0 Å². The van der Waals surface area contributed by atoms with Crippen molar-refractivity contribution in [2.45, 2.75) is 45.2 Å². The molecule has 0 saturated carbocycles. The van der Waals surface area contributed by atoms with E-state index in [0.717, 1.165) is 0 Å². The molecule has 0 radical (unpaired) electrons. The highest BCUT2D eigenvalue weighted by Gasteiger charge is 2.28. The summed E-state index contributed by atoms with van der Waals surface area (Å²) in [5.41, 5.74) is 0.488. The van der Waals surface area contributed by atoms with E-state index in [-0.39, 0.29) is 40.6 Å². The van der Waals surface area contributed by atoms with Crippen LogP contribution in [0.4, 0.5) is 0 Å². The normalized spacial score (nSPS) is 12.0. The predicted molar refractivity (Wildman–Crippen MR) is 120 cm³/mol. The van der Waals surface area contributed by atoms with Crippen LogP contribution in [0.1, 0.15) is 52.9 Å². The molecule has 0 spiro atoms. The van der Waals surface area contributed by atoms with E-state index < -0.39 is 40.6 Å². The molecule has 2 aromatic rings. The van der Waals surface area contributed by atoms with E-state index in [0.29, 0.717) is 5.75 Å². The summed E-state index contributed by atoms with van der Waals surface area (Å²) in [4.78, 5) is 39.8. The number of aromatic nitrogens is 1. The minimum Gasteiger partial charge on any atom is -0.497 e. The van der Waals surface area contributed by atoms with Crippen LogP contribution < -0.4 is 9.46 Å². The molecule has 34 heavy (non-hydrogen) atoms. The Balaban J connectivity index is 2.16. The molecule has 0 aliphatic heterocycles. The summed E-state index contributed by atoms with van der Waals surface area (Å²) in [7, 11) is -2.56. The van der Waals surface area contributed by atoms with Crippen molar-refractivity contribution in [3.63, 3.8) is 0 Å². The Morgan fingerprint density at radius 3 is 2.15 bits per heavy atom. The highest BCUT2D eigenvalue weighted by Crippen LogP contribution is 2.22. The molecule has 186 valence electrons. The molecule has 1 aromatic carbocycles. The largest absolute Gasteiger partial charge is 0.497 e. The number of hydrogen-bond acceptors (Lipinski definition) is 9. The fourth-order valence-corrected chi connectivity index (χ4v) is 4.22. The number of esters is 3. The number of benzene rings is 1. The van der Waals surface area contributed by atoms with Crippen molar-refractivity contribution in [3.8, 4) is 5.75 Å². The summed E-state index contributed by atoms with van der Waals surface area (Å²) >= 11 is 0. The fourth-order valence-electron chi connectivity index (χ4n) is 3.03. The molecule has 1 heterocycles. The number of carbonyl (C=O) groups is 3. The molecular weight excluding hydrogens is 468 g/mol. The van der Waals surface area contributed by atoms with Gasteiger partial charge in [-0.15, -0.1) is 0 Å². The fraction of sp³-hybridized carbons (Fsp3) is 0.409. The summed E-state index contributed by atoms with van der Waals surface area (Å²) < 4.78 is 47.5. The number of hydrogen-bond donors (Lipinski definition) is 2. The Hall–Kier alpha value is -3.38. The van der Waals surface area contributed by atoms with E-state index in [1.165, 1.54) is 45.2 Å². The molecule has 12 heteroatoms. The summed E-state index contributed by atoms with van der Waals surface area (Å²) in [6.45, 7) is 5.92. The first-order valence-corrected chi connectivity index (χ1v) is 11.9. The molecule has 2 rings (SSSR count). The molecule has 0 amide bonds. The average molecular weight is 497 g/mol. The Morgan fingerprint density at radius 1 is 1.00 bits per heavy atom. The summed E-state index contributed by atoms with van der Waals surface area (Å²) in [6.07, 6.45) is 0. The van der Waals surface area contributed by atoms with E-state index >= 15 is 0 Å². The molecule has 0 aliphatic carbocycles. The smallest absolute Gasteiger partial charge is 0.355 e. The minimum atomic E-state index is -4.01. The van der Waals surface area contributed by atoms with Gasteiger partial charge in [0.2, 0.25) is 10.0 Å². The zero-order chi connectivity index (χ0) is 25.5. The van der Waals surface area contributed by atoms with Gasteiger partial charge in [0.25, 0.3) is 0 Å². The van der Waals surface area contributed by atoms with Gasteiger partial charge in [0.05, 0.1) is 36.5 Å². The SMILES string of the molecule is CCOC(=O)c1[nH]c(COC(=O)[C@H](C)NS(=O)(=O)c2ccc(OC)cc2)c(C(=O)OCC)c1C. The maximum Gasteiger partial charge on any atom is 0.355 e. The van der Waals surface area contributed by atoms with Gasteiger partial charge >= 0.3 is 17.9 Å². The summed E-state index contributed by atoms with van der Waals surface area (Å²) in [6, 6.07) is 4.39. The van der Waals surface area contributed by atoms with Crippen LogP contribution in [-0.4, -0.2) is 57.7 Å². The van der Waals surface area contributed by atoms with Crippen LogP contribution in [0.2, 0.25) is 0 Å². The van der Waals surface area contributed by atoms with Gasteiger partial charge in [0, 0.05) is 0 Å². The van der Waals surface area contributed by atoms with Crippen molar-refractivity contribution < 1.29 is 41.7 Å². The van der Waals surface area contributed by atoms with Crippen molar-refractivity contribution >= 4 is 27.9 Å². The Labute approximate surface area is 197 Å². The molecule has 1 aromatic heterocycles. The lowest BCUT2D eigenvalue weighted by molar-refractivity contribution is -0.146. The van der Waals surface area contributed by atoms with E-state index in [4.69, 9.17) is 18.9 Å². The molecule has 0 saturated heterocycles. The first-order chi connectivity index (χ1) is 16.0. The number of rotatable bonds is 11.